The summed E-state index contributed by atoms with van der Waals surface area (Å²) >= 11 is 0. The van der Waals surface area contributed by atoms with Gasteiger partial charge in [0.1, 0.15) is 6.61 Å². The normalized spacial score (nSPS) is 13.4. The summed E-state index contributed by atoms with van der Waals surface area (Å²) in [6.07, 6.45) is 39.5. The molecule has 0 bridgehead atoms. The van der Waals surface area contributed by atoms with Gasteiger partial charge in [0.05, 0.1) is 25.6 Å². The molecule has 0 aliphatic heterocycles. The first kappa shape index (κ1) is 56.7. The van der Waals surface area contributed by atoms with Crippen LogP contribution in [0.15, 0.2) is 12.5 Å². The van der Waals surface area contributed by atoms with Crippen molar-refractivity contribution < 1.29 is 42.4 Å². The number of imidazole rings is 1. The highest BCUT2D eigenvalue weighted by Crippen LogP contribution is 2.43. The van der Waals surface area contributed by atoms with Crippen molar-refractivity contribution in [2.75, 3.05) is 26.4 Å². The summed E-state index contributed by atoms with van der Waals surface area (Å²) in [6, 6.07) is -0.843. The quantitative estimate of drug-likeness (QED) is 0.0277. The molecule has 13 nitrogen and oxygen atoms in total. The highest BCUT2D eigenvalue weighted by molar-refractivity contribution is 7.47. The lowest BCUT2D eigenvalue weighted by Gasteiger charge is -2.20. The lowest BCUT2D eigenvalue weighted by molar-refractivity contribution is -0.161. The molecular weight excluding hydrogens is 796 g/mol. The molecule has 3 unspecified atom stereocenters. The zero-order valence-electron chi connectivity index (χ0n) is 38.7. The zero-order chi connectivity index (χ0) is 44.5. The van der Waals surface area contributed by atoms with Gasteiger partial charge in [-0.05, 0) is 12.8 Å². The van der Waals surface area contributed by atoms with Crippen LogP contribution in [-0.2, 0) is 43.9 Å². The largest absolute Gasteiger partial charge is 0.472 e. The molecule has 0 fully saturated rings. The number of ether oxygens (including phenoxy) is 2. The van der Waals surface area contributed by atoms with Crippen LogP contribution in [0.5, 0.6) is 0 Å². The molecule has 1 rings (SSSR count). The number of nitrogens with two attached hydrogens (primary N) is 1. The summed E-state index contributed by atoms with van der Waals surface area (Å²) in [4.78, 5) is 54.7. The molecule has 0 aliphatic rings. The molecule has 1 amide bonds. The van der Waals surface area contributed by atoms with E-state index in [9.17, 15) is 23.8 Å². The Bertz CT molecular complexity index is 1220. The van der Waals surface area contributed by atoms with Crippen molar-refractivity contribution in [2.45, 2.75) is 238 Å². The molecule has 0 aromatic carbocycles. The summed E-state index contributed by atoms with van der Waals surface area (Å²) in [5, 5.41) is 2.56. The summed E-state index contributed by atoms with van der Waals surface area (Å²) in [7, 11) is -4.59. The Labute approximate surface area is 370 Å². The average molecular weight is 885 g/mol. The highest BCUT2D eigenvalue weighted by Gasteiger charge is 2.26. The summed E-state index contributed by atoms with van der Waals surface area (Å²) in [5.74, 6) is -1.35. The third-order valence-corrected chi connectivity index (χ3v) is 12.1. The van der Waals surface area contributed by atoms with Gasteiger partial charge >= 0.3 is 19.8 Å². The van der Waals surface area contributed by atoms with Crippen LogP contribution in [0.4, 0.5) is 0 Å². The van der Waals surface area contributed by atoms with Gasteiger partial charge in [-0.25, -0.2) is 9.55 Å². The van der Waals surface area contributed by atoms with Gasteiger partial charge < -0.3 is 30.4 Å². The molecule has 14 heteroatoms. The van der Waals surface area contributed by atoms with Crippen LogP contribution in [0.25, 0.3) is 0 Å². The van der Waals surface area contributed by atoms with Gasteiger partial charge in [0.15, 0.2) is 6.10 Å². The number of hydrogen-bond acceptors (Lipinski definition) is 10. The highest BCUT2D eigenvalue weighted by atomic mass is 31.2. The van der Waals surface area contributed by atoms with E-state index in [1.165, 1.54) is 148 Å². The first-order chi connectivity index (χ1) is 29.7. The van der Waals surface area contributed by atoms with Crippen molar-refractivity contribution in [3.63, 3.8) is 0 Å². The Hall–Kier alpha value is -2.31. The van der Waals surface area contributed by atoms with Crippen LogP contribution < -0.4 is 11.1 Å². The monoisotopic (exact) mass is 885 g/mol. The van der Waals surface area contributed by atoms with Gasteiger partial charge in [-0.3, -0.25) is 23.4 Å². The minimum absolute atomic E-state index is 0.0853. The molecule has 3 atom stereocenters. The number of phosphoric acid groups is 1. The van der Waals surface area contributed by atoms with Crippen molar-refractivity contribution >= 4 is 25.7 Å². The van der Waals surface area contributed by atoms with Crippen molar-refractivity contribution in [3.05, 3.63) is 18.2 Å². The fraction of sp³-hybridized carbons (Fsp3) is 0.872. The van der Waals surface area contributed by atoms with E-state index in [4.69, 9.17) is 24.3 Å². The van der Waals surface area contributed by atoms with Crippen molar-refractivity contribution in [3.8, 4) is 0 Å². The second-order valence-electron chi connectivity index (χ2n) is 17.0. The van der Waals surface area contributed by atoms with Crippen LogP contribution >= 0.6 is 7.82 Å². The summed E-state index contributed by atoms with van der Waals surface area (Å²) in [6.45, 7) is 3.29. The van der Waals surface area contributed by atoms with Gasteiger partial charge in [-0.1, -0.05) is 194 Å². The van der Waals surface area contributed by atoms with Crippen LogP contribution in [0, 0.1) is 0 Å². The van der Waals surface area contributed by atoms with E-state index in [1.807, 2.05) is 0 Å². The molecule has 0 saturated heterocycles. The minimum Gasteiger partial charge on any atom is -0.462 e. The number of aromatic amines is 1. The van der Waals surface area contributed by atoms with Gasteiger partial charge in [-0.15, -0.1) is 0 Å². The number of hydrogen-bond donors (Lipinski definition) is 4. The van der Waals surface area contributed by atoms with E-state index in [-0.39, 0.29) is 39.0 Å². The van der Waals surface area contributed by atoms with E-state index in [0.717, 1.165) is 38.5 Å². The topological polar surface area (TPSA) is 192 Å². The Balaban J connectivity index is 2.36. The molecule has 1 heterocycles. The van der Waals surface area contributed by atoms with E-state index in [2.05, 4.69) is 29.1 Å². The smallest absolute Gasteiger partial charge is 0.462 e. The van der Waals surface area contributed by atoms with Gasteiger partial charge in [0.25, 0.3) is 0 Å². The fourth-order valence-electron chi connectivity index (χ4n) is 7.31. The number of phosphoric ester groups is 1. The van der Waals surface area contributed by atoms with E-state index < -0.39 is 44.4 Å². The van der Waals surface area contributed by atoms with Crippen LogP contribution in [0.3, 0.4) is 0 Å². The first-order valence-corrected chi connectivity index (χ1v) is 26.1. The molecular formula is C47H89N4O9P. The molecule has 356 valence electrons. The number of carbonyl (C=O) groups is 3. The third-order valence-electron chi connectivity index (χ3n) is 11.1. The lowest BCUT2D eigenvalue weighted by atomic mass is 10.0. The molecule has 1 aromatic heterocycles. The lowest BCUT2D eigenvalue weighted by Crippen LogP contribution is -2.43. The zero-order valence-corrected chi connectivity index (χ0v) is 39.6. The number of carbonyl (C=O) groups excluding carboxylic acids is 3. The number of aromatic nitrogens is 2. The first-order valence-electron chi connectivity index (χ1n) is 24.6. The van der Waals surface area contributed by atoms with E-state index >= 15 is 0 Å². The predicted molar refractivity (Wildman–Crippen MR) is 245 cm³/mol. The number of esters is 2. The number of unbranched alkanes of at least 4 members (excludes halogenated alkanes) is 28. The van der Waals surface area contributed by atoms with Gasteiger partial charge in [0, 0.05) is 37.7 Å². The fourth-order valence-corrected chi connectivity index (χ4v) is 8.06. The van der Waals surface area contributed by atoms with Crippen molar-refractivity contribution in [1.29, 1.82) is 0 Å². The Kier molecular flexibility index (Phi) is 37.6. The number of H-pyrrole nitrogens is 1. The Morgan fingerprint density at radius 1 is 0.656 bits per heavy atom. The molecule has 0 radical (unpaired) electrons. The number of nitrogens with one attached hydrogen (secondary N) is 2. The third kappa shape index (κ3) is 36.8. The maximum Gasteiger partial charge on any atom is 0.472 e. The van der Waals surface area contributed by atoms with Crippen molar-refractivity contribution in [1.82, 2.24) is 15.3 Å². The second-order valence-corrected chi connectivity index (χ2v) is 18.4. The Morgan fingerprint density at radius 3 is 1.51 bits per heavy atom. The van der Waals surface area contributed by atoms with Crippen LogP contribution in [-0.4, -0.2) is 71.2 Å². The maximum absolute atomic E-state index is 12.8. The second kappa shape index (κ2) is 40.5. The van der Waals surface area contributed by atoms with E-state index in [0.29, 0.717) is 18.5 Å². The maximum atomic E-state index is 12.8. The van der Waals surface area contributed by atoms with Crippen LogP contribution in [0.1, 0.15) is 225 Å². The number of amides is 1. The number of rotatable bonds is 45. The van der Waals surface area contributed by atoms with E-state index in [1.54, 1.807) is 6.20 Å². The summed E-state index contributed by atoms with van der Waals surface area (Å²) < 4.78 is 33.8. The number of nitrogens with zero attached hydrogens (tertiary/aromatic N) is 1. The van der Waals surface area contributed by atoms with Crippen molar-refractivity contribution in [2.24, 2.45) is 5.73 Å². The van der Waals surface area contributed by atoms with Gasteiger partial charge in [-0.2, -0.15) is 0 Å². The standard InChI is InChI=1S/C47H89N4O9P/c1-3-5-7-9-11-13-15-17-19-21-23-25-27-29-31-33-45(52)57-39-43(40-59-61(55,56)58-36-35-50-47(54)44(48)37-42-38-49-41-51-42)60-46(53)34-32-30-28-26-24-22-20-18-16-14-12-10-8-6-4-2/h38,41,43-44H,3-37,39-40,48H2,1-2H3,(H,49,51)(H,50,54)(H,55,56). The molecule has 5 N–H and O–H groups in total. The minimum atomic E-state index is -4.59. The predicted octanol–water partition coefficient (Wildman–Crippen LogP) is 11.5. The SMILES string of the molecule is CCCCCCCCCCCCCCCCCC(=O)OCC(COP(=O)(O)OCCNC(=O)C(N)Cc1cnc[nH]1)OC(=O)CCCCCCCCCCCCCCCCC. The Morgan fingerprint density at radius 2 is 1.08 bits per heavy atom. The van der Waals surface area contributed by atoms with Crippen LogP contribution in [0.2, 0.25) is 0 Å². The summed E-state index contributed by atoms with van der Waals surface area (Å²) in [5.41, 5.74) is 6.62. The molecule has 61 heavy (non-hydrogen) atoms. The van der Waals surface area contributed by atoms with Gasteiger partial charge in [0.2, 0.25) is 5.91 Å². The molecule has 0 aliphatic carbocycles. The molecule has 0 saturated carbocycles. The molecule has 0 spiro atoms. The average Bonchev–Trinajstić information content (AvgIpc) is 3.76. The molecule has 1 aromatic rings.